The van der Waals surface area contributed by atoms with E-state index in [9.17, 15) is 28.8 Å². The smallest absolute Gasteiger partial charge is 0.340 e. The van der Waals surface area contributed by atoms with Crippen molar-refractivity contribution < 1.29 is 38.2 Å². The number of nitrogens with zero attached hydrogens (tertiary/aromatic N) is 2. The molecule has 0 aliphatic carbocycles. The van der Waals surface area contributed by atoms with E-state index in [0.717, 1.165) is 9.80 Å². The molecule has 0 saturated carbocycles. The van der Waals surface area contributed by atoms with Crippen LogP contribution in [0.1, 0.15) is 46.4 Å². The van der Waals surface area contributed by atoms with Crippen LogP contribution < -0.4 is 0 Å². The first-order chi connectivity index (χ1) is 13.4. The second-order valence-corrected chi connectivity index (χ2v) is 6.10. The van der Waals surface area contributed by atoms with Crippen molar-refractivity contribution >= 4 is 35.6 Å². The molecule has 0 N–H and O–H groups in total. The lowest BCUT2D eigenvalue weighted by Crippen LogP contribution is -2.33. The van der Waals surface area contributed by atoms with Gasteiger partial charge < -0.3 is 9.47 Å². The summed E-state index contributed by atoms with van der Waals surface area (Å²) >= 11 is 0. The van der Waals surface area contributed by atoms with E-state index >= 15 is 0 Å². The molecule has 1 aromatic carbocycles. The van der Waals surface area contributed by atoms with Crippen LogP contribution in [0.5, 0.6) is 0 Å². The quantitative estimate of drug-likeness (QED) is 0.500. The highest BCUT2D eigenvalue weighted by Crippen LogP contribution is 2.16. The van der Waals surface area contributed by atoms with Gasteiger partial charge in [0.05, 0.1) is 11.1 Å². The molecule has 28 heavy (non-hydrogen) atoms. The van der Waals surface area contributed by atoms with Crippen LogP contribution in [0.3, 0.4) is 0 Å². The standard InChI is InChI=1S/C18H16N2O8/c21-13-5-6-14(22)19(13)9-27-17(25)11-3-1-2-4-12(11)18(26)28-10-20-15(23)7-8-16(20)24/h1-4H,5-10H2. The van der Waals surface area contributed by atoms with Crippen molar-refractivity contribution in [2.75, 3.05) is 13.5 Å². The maximum Gasteiger partial charge on any atom is 0.340 e. The highest BCUT2D eigenvalue weighted by molar-refractivity contribution is 6.05. The molecule has 0 bridgehead atoms. The topological polar surface area (TPSA) is 127 Å². The Bertz CT molecular complexity index is 775. The van der Waals surface area contributed by atoms with E-state index in [4.69, 9.17) is 9.47 Å². The molecule has 2 aliphatic heterocycles. The number of carbonyl (C=O) groups excluding carboxylic acids is 6. The number of amides is 4. The lowest BCUT2D eigenvalue weighted by molar-refractivity contribution is -0.144. The lowest BCUT2D eigenvalue weighted by atomic mass is 10.1. The Hall–Kier alpha value is -3.56. The van der Waals surface area contributed by atoms with Crippen molar-refractivity contribution in [2.45, 2.75) is 25.7 Å². The Labute approximate surface area is 159 Å². The summed E-state index contributed by atoms with van der Waals surface area (Å²) < 4.78 is 9.95. The van der Waals surface area contributed by atoms with Crippen molar-refractivity contribution in [1.29, 1.82) is 0 Å². The summed E-state index contributed by atoms with van der Waals surface area (Å²) in [6.07, 6.45) is 0.251. The van der Waals surface area contributed by atoms with Gasteiger partial charge in [0.25, 0.3) is 0 Å². The van der Waals surface area contributed by atoms with Gasteiger partial charge in [0.1, 0.15) is 0 Å². The van der Waals surface area contributed by atoms with Crippen molar-refractivity contribution in [3.8, 4) is 0 Å². The number of imide groups is 2. The summed E-state index contributed by atoms with van der Waals surface area (Å²) in [6.45, 7) is -1.09. The highest BCUT2D eigenvalue weighted by Gasteiger charge is 2.31. The van der Waals surface area contributed by atoms with E-state index in [-0.39, 0.29) is 36.8 Å². The Kier molecular flexibility index (Phi) is 5.48. The molecule has 10 heteroatoms. The molecule has 2 saturated heterocycles. The second-order valence-electron chi connectivity index (χ2n) is 6.10. The van der Waals surface area contributed by atoms with Crippen molar-refractivity contribution in [1.82, 2.24) is 9.80 Å². The summed E-state index contributed by atoms with van der Waals surface area (Å²) in [5.41, 5.74) is -0.267. The monoisotopic (exact) mass is 388 g/mol. The van der Waals surface area contributed by atoms with Crippen molar-refractivity contribution in [2.24, 2.45) is 0 Å². The summed E-state index contributed by atoms with van der Waals surface area (Å²) in [4.78, 5) is 72.5. The third kappa shape index (κ3) is 3.90. The first-order valence-corrected chi connectivity index (χ1v) is 8.48. The SMILES string of the molecule is O=C(OCN1C(=O)CCC1=O)c1ccccc1C(=O)OCN1C(=O)CCC1=O. The number of hydrogen-bond acceptors (Lipinski definition) is 8. The van der Waals surface area contributed by atoms with Crippen LogP contribution >= 0.6 is 0 Å². The van der Waals surface area contributed by atoms with Crippen LogP contribution in [0.2, 0.25) is 0 Å². The zero-order valence-corrected chi connectivity index (χ0v) is 14.7. The Balaban J connectivity index is 1.64. The zero-order valence-electron chi connectivity index (χ0n) is 14.7. The minimum absolute atomic E-state index is 0.0627. The summed E-state index contributed by atoms with van der Waals surface area (Å²) in [5.74, 6) is -3.60. The number of benzene rings is 1. The predicted molar refractivity (Wildman–Crippen MR) is 89.2 cm³/mol. The van der Waals surface area contributed by atoms with Crippen LogP contribution in [0.15, 0.2) is 24.3 Å². The fourth-order valence-electron chi connectivity index (χ4n) is 2.77. The molecular formula is C18H16N2O8. The van der Waals surface area contributed by atoms with Crippen LogP contribution in [-0.2, 0) is 28.7 Å². The normalized spacial score (nSPS) is 16.7. The molecule has 146 valence electrons. The van der Waals surface area contributed by atoms with E-state index in [1.807, 2.05) is 0 Å². The average Bonchev–Trinajstić information content (AvgIpc) is 3.18. The third-order valence-electron chi connectivity index (χ3n) is 4.33. The van der Waals surface area contributed by atoms with Gasteiger partial charge >= 0.3 is 11.9 Å². The van der Waals surface area contributed by atoms with Crippen LogP contribution in [-0.4, -0.2) is 58.8 Å². The minimum Gasteiger partial charge on any atom is -0.440 e. The summed E-state index contributed by atoms with van der Waals surface area (Å²) in [6, 6.07) is 5.62. The largest absolute Gasteiger partial charge is 0.440 e. The van der Waals surface area contributed by atoms with Crippen molar-refractivity contribution in [3.63, 3.8) is 0 Å². The second kappa shape index (κ2) is 7.99. The number of hydrogen-bond donors (Lipinski definition) is 0. The van der Waals surface area contributed by atoms with E-state index < -0.39 is 49.0 Å². The van der Waals surface area contributed by atoms with E-state index in [0.29, 0.717) is 0 Å². The van der Waals surface area contributed by atoms with Gasteiger partial charge in [-0.15, -0.1) is 0 Å². The fourth-order valence-corrected chi connectivity index (χ4v) is 2.77. The zero-order chi connectivity index (χ0) is 20.3. The molecule has 10 nitrogen and oxygen atoms in total. The van der Waals surface area contributed by atoms with Crippen LogP contribution in [0.4, 0.5) is 0 Å². The van der Waals surface area contributed by atoms with E-state index in [1.54, 1.807) is 0 Å². The lowest BCUT2D eigenvalue weighted by Gasteiger charge is -2.16. The molecule has 0 radical (unpaired) electrons. The van der Waals surface area contributed by atoms with Crippen LogP contribution in [0.25, 0.3) is 0 Å². The molecule has 2 fully saturated rings. The van der Waals surface area contributed by atoms with Gasteiger partial charge in [-0.05, 0) is 12.1 Å². The number of carbonyl (C=O) groups is 6. The van der Waals surface area contributed by atoms with Gasteiger partial charge in [0, 0.05) is 25.7 Å². The molecule has 0 atom stereocenters. The molecule has 0 aromatic heterocycles. The number of rotatable bonds is 6. The van der Waals surface area contributed by atoms with Gasteiger partial charge in [-0.2, -0.15) is 0 Å². The Morgan fingerprint density at radius 3 is 1.32 bits per heavy atom. The van der Waals surface area contributed by atoms with Gasteiger partial charge in [-0.25, -0.2) is 19.4 Å². The minimum atomic E-state index is -0.923. The van der Waals surface area contributed by atoms with Crippen molar-refractivity contribution in [3.05, 3.63) is 35.4 Å². The van der Waals surface area contributed by atoms with Gasteiger partial charge in [-0.3, -0.25) is 19.2 Å². The first-order valence-electron chi connectivity index (χ1n) is 8.48. The van der Waals surface area contributed by atoms with E-state index in [2.05, 4.69) is 0 Å². The third-order valence-corrected chi connectivity index (χ3v) is 4.33. The molecule has 1 aromatic rings. The molecule has 4 amide bonds. The number of esters is 2. The molecule has 0 spiro atoms. The maximum atomic E-state index is 12.3. The molecular weight excluding hydrogens is 372 g/mol. The number of ether oxygens (including phenoxy) is 2. The molecule has 0 unspecified atom stereocenters. The molecule has 2 aliphatic rings. The fraction of sp³-hybridized carbons (Fsp3) is 0.333. The molecule has 3 rings (SSSR count). The molecule has 2 heterocycles. The van der Waals surface area contributed by atoms with Gasteiger partial charge in [0.15, 0.2) is 13.5 Å². The summed E-state index contributed by atoms with van der Waals surface area (Å²) in [7, 11) is 0. The predicted octanol–water partition coefficient (Wildman–Crippen LogP) is 0.213. The van der Waals surface area contributed by atoms with Gasteiger partial charge in [-0.1, -0.05) is 12.1 Å². The number of likely N-dealkylation sites (tertiary alicyclic amines) is 2. The average molecular weight is 388 g/mol. The Morgan fingerprint density at radius 1 is 0.679 bits per heavy atom. The first kappa shape index (κ1) is 19.2. The van der Waals surface area contributed by atoms with Gasteiger partial charge in [0.2, 0.25) is 23.6 Å². The Morgan fingerprint density at radius 2 is 1.00 bits per heavy atom. The van der Waals surface area contributed by atoms with E-state index in [1.165, 1.54) is 24.3 Å². The van der Waals surface area contributed by atoms with Crippen LogP contribution in [0, 0.1) is 0 Å². The summed E-state index contributed by atoms with van der Waals surface area (Å²) in [5, 5.41) is 0. The highest BCUT2D eigenvalue weighted by atomic mass is 16.6. The maximum absolute atomic E-state index is 12.3.